The third kappa shape index (κ3) is 11.3. The lowest BCUT2D eigenvalue weighted by Gasteiger charge is -2.28. The number of rotatable bonds is 12. The van der Waals surface area contributed by atoms with E-state index in [1.165, 1.54) is 0 Å². The monoisotopic (exact) mass is 1090 g/mol. The summed E-state index contributed by atoms with van der Waals surface area (Å²) >= 11 is 0. The zero-order valence-corrected chi connectivity index (χ0v) is 50.5. The van der Waals surface area contributed by atoms with E-state index in [0.717, 1.165) is 46.2 Å². The summed E-state index contributed by atoms with van der Waals surface area (Å²) in [6.45, 7) is 37.8. The Morgan fingerprint density at radius 1 is 0.367 bits per heavy atom. The number of hydrogen-bond acceptors (Lipinski definition) is 10. The molecule has 0 aromatic heterocycles. The number of benzene rings is 6. The minimum absolute atomic E-state index is 0.0434. The van der Waals surface area contributed by atoms with Crippen molar-refractivity contribution in [3.05, 3.63) is 176 Å². The number of phosphoric acid groups is 1. The quantitative estimate of drug-likeness (QED) is 0.0665. The summed E-state index contributed by atoms with van der Waals surface area (Å²) in [6.07, 6.45) is 1.88. The lowest BCUT2D eigenvalue weighted by molar-refractivity contribution is -0.134. The van der Waals surface area contributed by atoms with Crippen LogP contribution in [-0.4, -0.2) is 17.9 Å². The van der Waals surface area contributed by atoms with Crippen molar-refractivity contribution in [3.63, 3.8) is 0 Å². The maximum atomic E-state index is 16.9. The number of esters is 3. The van der Waals surface area contributed by atoms with Gasteiger partial charge >= 0.3 is 25.7 Å². The minimum Gasteiger partial charge on any atom is -0.425 e. The van der Waals surface area contributed by atoms with Gasteiger partial charge in [0.2, 0.25) is 0 Å². The molecule has 0 radical (unpaired) electrons. The molecule has 0 saturated carbocycles. The Bertz CT molecular complexity index is 3320. The summed E-state index contributed by atoms with van der Waals surface area (Å²) in [6, 6.07) is 33.9. The first-order valence-electron chi connectivity index (χ1n) is 27.8. The van der Waals surface area contributed by atoms with Crippen LogP contribution in [0, 0.1) is 0 Å². The molecule has 3 unspecified atom stereocenters. The van der Waals surface area contributed by atoms with Crippen LogP contribution in [0.3, 0.4) is 0 Å². The maximum absolute atomic E-state index is 16.9. The second kappa shape index (κ2) is 19.9. The highest BCUT2D eigenvalue weighted by atomic mass is 31.2. The predicted octanol–water partition coefficient (Wildman–Crippen LogP) is 17.0. The van der Waals surface area contributed by atoms with Gasteiger partial charge in [0.25, 0.3) is 0 Å². The second-order valence-corrected chi connectivity index (χ2v) is 29.1. The molecule has 79 heavy (non-hydrogen) atoms. The van der Waals surface area contributed by atoms with Crippen LogP contribution in [0.25, 0.3) is 0 Å². The van der Waals surface area contributed by atoms with E-state index in [-0.39, 0.29) is 33.5 Å². The molecule has 0 saturated heterocycles. The molecule has 3 aliphatic rings. The summed E-state index contributed by atoms with van der Waals surface area (Å²) < 4.78 is 55.7. The highest BCUT2D eigenvalue weighted by Gasteiger charge is 2.46. The third-order valence-corrected chi connectivity index (χ3v) is 17.1. The largest absolute Gasteiger partial charge is 0.647 e. The van der Waals surface area contributed by atoms with E-state index >= 15 is 4.57 Å². The standard InChI is InChI=1S/C68H79O10P/c1-19-32-68(17,18)44-25-28-53-47(38-44)59(62(71)75-53)50-37-43(67(14,15)16)24-31-56(50)78-79(72,76-54-29-22-41(65(8,9)10)35-48(54)57-45-33-39(63(2,3)4)20-26-51(45)73-60(57)69)77-55-30-23-42(66(11,12)13)36-49(55)58-46-34-40(64(5,6)7)21-27-52(46)74-61(58)70/h20-31,33-38,57-59H,19,32H2,1-18H3. The van der Waals surface area contributed by atoms with Gasteiger partial charge in [-0.3, -0.25) is 14.4 Å². The van der Waals surface area contributed by atoms with E-state index < -0.39 is 59.7 Å². The van der Waals surface area contributed by atoms with Crippen molar-refractivity contribution in [1.29, 1.82) is 0 Å². The lowest BCUT2D eigenvalue weighted by Crippen LogP contribution is -2.20. The first kappa shape index (κ1) is 57.1. The van der Waals surface area contributed by atoms with Crippen LogP contribution in [0.2, 0.25) is 0 Å². The van der Waals surface area contributed by atoms with Crippen molar-refractivity contribution in [2.75, 3.05) is 0 Å². The van der Waals surface area contributed by atoms with Crippen molar-refractivity contribution in [1.82, 2.24) is 0 Å². The van der Waals surface area contributed by atoms with E-state index in [0.29, 0.717) is 50.6 Å². The average molecular weight is 1090 g/mol. The van der Waals surface area contributed by atoms with E-state index in [1.54, 1.807) is 18.2 Å². The smallest absolute Gasteiger partial charge is 0.425 e. The van der Waals surface area contributed by atoms with Crippen LogP contribution in [0.1, 0.15) is 222 Å². The normalized spacial score (nSPS) is 18.3. The van der Waals surface area contributed by atoms with Gasteiger partial charge in [0.05, 0.1) is 0 Å². The molecule has 0 spiro atoms. The van der Waals surface area contributed by atoms with Gasteiger partial charge in [0, 0.05) is 33.4 Å². The third-order valence-electron chi connectivity index (χ3n) is 15.9. The second-order valence-electron chi connectivity index (χ2n) is 27.7. The lowest BCUT2D eigenvalue weighted by atomic mass is 9.78. The Hall–Kier alpha value is -6.64. The number of carbonyl (C=O) groups excluding carboxylic acids is 3. The molecule has 9 rings (SSSR count). The molecule has 6 aromatic carbocycles. The maximum Gasteiger partial charge on any atom is 0.647 e. The fourth-order valence-electron chi connectivity index (χ4n) is 10.9. The van der Waals surface area contributed by atoms with Gasteiger partial charge in [0.1, 0.15) is 52.3 Å². The summed E-state index contributed by atoms with van der Waals surface area (Å²) in [5.41, 5.74) is 6.84. The molecule has 0 N–H and O–H groups in total. The van der Waals surface area contributed by atoms with Gasteiger partial charge in [-0.25, -0.2) is 0 Å². The highest BCUT2D eigenvalue weighted by Crippen LogP contribution is 2.58. The number of ether oxygens (including phenoxy) is 3. The molecule has 0 amide bonds. The number of fused-ring (bicyclic) bond motifs is 3. The van der Waals surface area contributed by atoms with E-state index in [2.05, 4.69) is 125 Å². The van der Waals surface area contributed by atoms with E-state index in [1.807, 2.05) is 91.0 Å². The van der Waals surface area contributed by atoms with Crippen molar-refractivity contribution in [3.8, 4) is 34.5 Å². The Morgan fingerprint density at radius 2 is 0.608 bits per heavy atom. The highest BCUT2D eigenvalue weighted by molar-refractivity contribution is 7.49. The Kier molecular flexibility index (Phi) is 14.3. The molecule has 416 valence electrons. The van der Waals surface area contributed by atoms with Gasteiger partial charge in [-0.1, -0.05) is 204 Å². The fourth-order valence-corrected chi connectivity index (χ4v) is 12.2. The van der Waals surface area contributed by atoms with Crippen molar-refractivity contribution in [2.45, 2.75) is 188 Å². The molecule has 0 bridgehead atoms. The van der Waals surface area contributed by atoms with Gasteiger partial charge in [-0.15, -0.1) is 0 Å². The molecule has 3 atom stereocenters. The fraction of sp³-hybridized carbons (Fsp3) is 0.426. The first-order valence-corrected chi connectivity index (χ1v) is 29.2. The summed E-state index contributed by atoms with van der Waals surface area (Å²) in [7, 11) is -5.14. The first-order chi connectivity index (χ1) is 36.6. The Balaban J connectivity index is 1.28. The van der Waals surface area contributed by atoms with Gasteiger partial charge in [-0.05, 0) is 109 Å². The molecule has 10 nitrogen and oxygen atoms in total. The Morgan fingerprint density at radius 3 is 0.873 bits per heavy atom. The number of phosphoric ester groups is 1. The topological polar surface area (TPSA) is 124 Å². The Labute approximate surface area is 468 Å². The van der Waals surface area contributed by atoms with Crippen LogP contribution in [-0.2, 0) is 51.4 Å². The molecular formula is C68H79O10P. The summed E-state index contributed by atoms with van der Waals surface area (Å²) in [4.78, 5) is 43.4. The van der Waals surface area contributed by atoms with Crippen LogP contribution >= 0.6 is 7.82 Å². The zero-order chi connectivity index (χ0) is 57.7. The van der Waals surface area contributed by atoms with Gasteiger partial charge < -0.3 is 27.8 Å². The van der Waals surface area contributed by atoms with E-state index in [9.17, 15) is 14.4 Å². The van der Waals surface area contributed by atoms with Crippen LogP contribution in [0.15, 0.2) is 109 Å². The number of hydrogen-bond donors (Lipinski definition) is 0. The predicted molar refractivity (Wildman–Crippen MR) is 312 cm³/mol. The zero-order valence-electron chi connectivity index (χ0n) is 49.6. The molecule has 6 aromatic rings. The summed E-state index contributed by atoms with van der Waals surface area (Å²) in [5, 5.41) is 0. The van der Waals surface area contributed by atoms with Crippen LogP contribution in [0.4, 0.5) is 0 Å². The van der Waals surface area contributed by atoms with Gasteiger partial charge in [0.15, 0.2) is 0 Å². The molecule has 0 fully saturated rings. The van der Waals surface area contributed by atoms with Gasteiger partial charge in [-0.2, -0.15) is 4.57 Å². The molecule has 0 aliphatic carbocycles. The average Bonchev–Trinajstić information content (AvgIpc) is 4.18. The van der Waals surface area contributed by atoms with Crippen LogP contribution < -0.4 is 27.8 Å². The molecule has 11 heteroatoms. The van der Waals surface area contributed by atoms with Crippen molar-refractivity contribution in [2.24, 2.45) is 0 Å². The number of carbonyl (C=O) groups is 3. The molecular weight excluding hydrogens is 1010 g/mol. The van der Waals surface area contributed by atoms with Crippen LogP contribution in [0.5, 0.6) is 34.5 Å². The molecule has 3 aliphatic heterocycles. The van der Waals surface area contributed by atoms with Crippen molar-refractivity contribution >= 4 is 25.7 Å². The summed E-state index contributed by atoms with van der Waals surface area (Å²) in [5.74, 6) is -3.16. The van der Waals surface area contributed by atoms with Crippen molar-refractivity contribution < 1.29 is 46.7 Å². The molecule has 3 heterocycles. The van der Waals surface area contributed by atoms with E-state index in [4.69, 9.17) is 27.8 Å². The minimum atomic E-state index is -5.14. The SMILES string of the molecule is CCCC(C)(C)c1ccc2c(c1)C(c1cc(C(C)(C)C)ccc1OP(=O)(Oc1ccc(C(C)(C)C)cc1C1C(=O)Oc3ccc(C(C)(C)C)cc31)Oc1ccc(C(C)(C)C)cc1C1C(=O)Oc3ccc(C(C)(C)C)cc31)C(=O)O2.